The van der Waals surface area contributed by atoms with E-state index in [0.29, 0.717) is 24.9 Å². The van der Waals surface area contributed by atoms with E-state index in [0.717, 1.165) is 29.8 Å². The molecule has 1 fully saturated rings. The van der Waals surface area contributed by atoms with Crippen molar-refractivity contribution in [3.63, 3.8) is 0 Å². The minimum absolute atomic E-state index is 0.113. The second-order valence-corrected chi connectivity index (χ2v) is 5.75. The second-order valence-electron chi connectivity index (χ2n) is 5.75. The van der Waals surface area contributed by atoms with Crippen LogP contribution >= 0.6 is 0 Å². The Morgan fingerprint density at radius 1 is 1.08 bits per heavy atom. The molecular weight excluding hydrogens is 306 g/mol. The monoisotopic (exact) mass is 323 g/mol. The highest BCUT2D eigenvalue weighted by molar-refractivity contribution is 5.75. The quantitative estimate of drug-likeness (QED) is 0.717. The maximum absolute atomic E-state index is 11.4. The summed E-state index contributed by atoms with van der Waals surface area (Å²) in [5, 5.41) is 0. The molecule has 1 aromatic carbocycles. The summed E-state index contributed by atoms with van der Waals surface area (Å²) in [6, 6.07) is 7.63. The molecule has 24 heavy (non-hydrogen) atoms. The highest BCUT2D eigenvalue weighted by atomic mass is 16.3. The van der Waals surface area contributed by atoms with Crippen LogP contribution in [0, 0.1) is 0 Å². The van der Waals surface area contributed by atoms with Crippen molar-refractivity contribution in [3.05, 3.63) is 36.7 Å². The predicted octanol–water partition coefficient (Wildman–Crippen LogP) is 1.95. The number of piperazine rings is 1. The van der Waals surface area contributed by atoms with Crippen LogP contribution in [0.5, 0.6) is 0 Å². The Morgan fingerprint density at radius 3 is 2.46 bits per heavy atom. The third-order valence-corrected chi connectivity index (χ3v) is 4.19. The maximum Gasteiger partial charge on any atom is 0.230 e. The Kier molecular flexibility index (Phi) is 3.60. The van der Waals surface area contributed by atoms with Crippen LogP contribution in [0.25, 0.3) is 22.6 Å². The van der Waals surface area contributed by atoms with Crippen molar-refractivity contribution in [2.75, 3.05) is 31.1 Å². The molecule has 0 saturated carbocycles. The van der Waals surface area contributed by atoms with Gasteiger partial charge in [0, 0.05) is 45.5 Å². The number of benzene rings is 1. The molecule has 7 heteroatoms. The van der Waals surface area contributed by atoms with Crippen LogP contribution in [-0.2, 0) is 4.79 Å². The van der Waals surface area contributed by atoms with Gasteiger partial charge >= 0.3 is 0 Å². The van der Waals surface area contributed by atoms with Crippen molar-refractivity contribution < 1.29 is 9.21 Å². The Labute approximate surface area is 138 Å². The first-order valence-corrected chi connectivity index (χ1v) is 7.89. The Balaban J connectivity index is 1.51. The van der Waals surface area contributed by atoms with Gasteiger partial charge in [0.15, 0.2) is 5.58 Å². The number of nitrogens with zero attached hydrogens (tertiary/aromatic N) is 5. The van der Waals surface area contributed by atoms with Gasteiger partial charge in [-0.3, -0.25) is 4.79 Å². The van der Waals surface area contributed by atoms with Crippen molar-refractivity contribution in [1.29, 1.82) is 0 Å². The number of fused-ring (bicyclic) bond motifs is 1. The van der Waals surface area contributed by atoms with Crippen LogP contribution in [0.4, 0.5) is 5.95 Å². The standard InChI is InChI=1S/C17H17N5O2/c1-12(23)21-6-8-22(9-7-21)17-18-10-13(11-19-17)16-20-14-4-2-3-5-15(14)24-16/h2-5,10-11H,6-9H2,1H3. The zero-order valence-corrected chi connectivity index (χ0v) is 13.3. The van der Waals surface area contributed by atoms with Gasteiger partial charge in [0.05, 0.1) is 5.56 Å². The van der Waals surface area contributed by atoms with E-state index in [-0.39, 0.29) is 5.91 Å². The van der Waals surface area contributed by atoms with E-state index in [9.17, 15) is 4.79 Å². The first-order valence-electron chi connectivity index (χ1n) is 7.89. The van der Waals surface area contributed by atoms with Gasteiger partial charge in [-0.25, -0.2) is 15.0 Å². The molecule has 0 aliphatic carbocycles. The van der Waals surface area contributed by atoms with E-state index < -0.39 is 0 Å². The fraction of sp³-hybridized carbons (Fsp3) is 0.294. The van der Waals surface area contributed by atoms with Crippen LogP contribution in [0.2, 0.25) is 0 Å². The maximum atomic E-state index is 11.4. The molecular formula is C17H17N5O2. The number of hydrogen-bond acceptors (Lipinski definition) is 6. The topological polar surface area (TPSA) is 75.4 Å². The normalized spacial score (nSPS) is 15.0. The van der Waals surface area contributed by atoms with Crippen molar-refractivity contribution >= 4 is 23.0 Å². The van der Waals surface area contributed by atoms with Crippen LogP contribution in [0.15, 0.2) is 41.1 Å². The lowest BCUT2D eigenvalue weighted by Gasteiger charge is -2.34. The molecule has 3 heterocycles. The SMILES string of the molecule is CC(=O)N1CCN(c2ncc(-c3nc4ccccc4o3)cn2)CC1. The Bertz CT molecular complexity index is 833. The summed E-state index contributed by atoms with van der Waals surface area (Å²) in [4.78, 5) is 28.6. The average molecular weight is 323 g/mol. The molecule has 0 N–H and O–H groups in total. The van der Waals surface area contributed by atoms with Gasteiger partial charge in [-0.1, -0.05) is 12.1 Å². The Morgan fingerprint density at radius 2 is 1.79 bits per heavy atom. The van der Waals surface area contributed by atoms with Gasteiger partial charge in [-0.05, 0) is 12.1 Å². The molecule has 0 bridgehead atoms. The summed E-state index contributed by atoms with van der Waals surface area (Å²) in [6.07, 6.45) is 3.45. The Hall–Kier alpha value is -2.96. The molecule has 0 spiro atoms. The average Bonchev–Trinajstić information content (AvgIpc) is 3.06. The molecule has 1 aliphatic rings. The third-order valence-electron chi connectivity index (χ3n) is 4.19. The van der Waals surface area contributed by atoms with Gasteiger partial charge in [0.2, 0.25) is 17.7 Å². The molecule has 1 saturated heterocycles. The summed E-state index contributed by atoms with van der Waals surface area (Å²) in [6.45, 7) is 4.47. The van der Waals surface area contributed by atoms with Crippen molar-refractivity contribution in [2.24, 2.45) is 0 Å². The molecule has 2 aromatic heterocycles. The lowest BCUT2D eigenvalue weighted by Crippen LogP contribution is -2.48. The van der Waals surface area contributed by atoms with Crippen LogP contribution in [-0.4, -0.2) is 51.9 Å². The molecule has 7 nitrogen and oxygen atoms in total. The van der Waals surface area contributed by atoms with Gasteiger partial charge < -0.3 is 14.2 Å². The van der Waals surface area contributed by atoms with E-state index in [1.807, 2.05) is 29.2 Å². The molecule has 1 amide bonds. The number of hydrogen-bond donors (Lipinski definition) is 0. The lowest BCUT2D eigenvalue weighted by atomic mass is 10.3. The third kappa shape index (κ3) is 2.68. The molecule has 122 valence electrons. The molecule has 1 aliphatic heterocycles. The largest absolute Gasteiger partial charge is 0.436 e. The molecule has 3 aromatic rings. The van der Waals surface area contributed by atoms with Crippen LogP contribution < -0.4 is 4.90 Å². The first-order chi connectivity index (χ1) is 11.7. The molecule has 4 rings (SSSR count). The summed E-state index contributed by atoms with van der Waals surface area (Å²) in [7, 11) is 0. The molecule has 0 radical (unpaired) electrons. The lowest BCUT2D eigenvalue weighted by molar-refractivity contribution is -0.129. The first kappa shape index (κ1) is 14.6. The second kappa shape index (κ2) is 5.92. The van der Waals surface area contributed by atoms with Gasteiger partial charge in [0.25, 0.3) is 0 Å². The number of rotatable bonds is 2. The van der Waals surface area contributed by atoms with Crippen LogP contribution in [0.1, 0.15) is 6.92 Å². The van der Waals surface area contributed by atoms with E-state index in [1.54, 1.807) is 19.3 Å². The number of para-hydroxylation sites is 2. The summed E-state index contributed by atoms with van der Waals surface area (Å²) in [5.41, 5.74) is 2.31. The minimum Gasteiger partial charge on any atom is -0.436 e. The van der Waals surface area contributed by atoms with Crippen LogP contribution in [0.3, 0.4) is 0 Å². The molecule has 0 unspecified atom stereocenters. The van der Waals surface area contributed by atoms with Gasteiger partial charge in [-0.15, -0.1) is 0 Å². The summed E-state index contributed by atoms with van der Waals surface area (Å²) < 4.78 is 5.73. The fourth-order valence-corrected chi connectivity index (χ4v) is 2.81. The van der Waals surface area contributed by atoms with Gasteiger partial charge in [-0.2, -0.15) is 0 Å². The number of carbonyl (C=O) groups is 1. The number of anilines is 1. The summed E-state index contributed by atoms with van der Waals surface area (Å²) >= 11 is 0. The van der Waals surface area contributed by atoms with Crippen molar-refractivity contribution in [2.45, 2.75) is 6.92 Å². The number of aromatic nitrogens is 3. The van der Waals surface area contributed by atoms with E-state index in [4.69, 9.17) is 4.42 Å². The highest BCUT2D eigenvalue weighted by Gasteiger charge is 2.20. The number of amides is 1. The smallest absolute Gasteiger partial charge is 0.230 e. The zero-order chi connectivity index (χ0) is 16.5. The number of carbonyl (C=O) groups excluding carboxylic acids is 1. The highest BCUT2D eigenvalue weighted by Crippen LogP contribution is 2.23. The minimum atomic E-state index is 0.113. The summed E-state index contributed by atoms with van der Waals surface area (Å²) in [5.74, 6) is 1.30. The van der Waals surface area contributed by atoms with E-state index in [1.165, 1.54) is 0 Å². The number of oxazole rings is 1. The molecule has 0 atom stereocenters. The van der Waals surface area contributed by atoms with Gasteiger partial charge in [0.1, 0.15) is 5.52 Å². The predicted molar refractivity (Wildman–Crippen MR) is 89.5 cm³/mol. The van der Waals surface area contributed by atoms with E-state index in [2.05, 4.69) is 19.9 Å². The zero-order valence-electron chi connectivity index (χ0n) is 13.3. The van der Waals surface area contributed by atoms with Crippen molar-refractivity contribution in [1.82, 2.24) is 19.9 Å². The fourth-order valence-electron chi connectivity index (χ4n) is 2.81. The van der Waals surface area contributed by atoms with Crippen molar-refractivity contribution in [3.8, 4) is 11.5 Å². The van der Waals surface area contributed by atoms with E-state index >= 15 is 0 Å².